The van der Waals surface area contributed by atoms with Gasteiger partial charge in [0.1, 0.15) is 5.82 Å². The minimum atomic E-state index is -0.177. The van der Waals surface area contributed by atoms with Crippen molar-refractivity contribution in [2.45, 2.75) is 32.2 Å². The summed E-state index contributed by atoms with van der Waals surface area (Å²) >= 11 is 0. The average molecular weight is 268 g/mol. The Kier molecular flexibility index (Phi) is 6.81. The molecule has 2 N–H and O–H groups in total. The maximum absolute atomic E-state index is 14.1. The van der Waals surface area contributed by atoms with Crippen LogP contribution in [0, 0.1) is 5.82 Å². The van der Waals surface area contributed by atoms with Gasteiger partial charge in [0.25, 0.3) is 0 Å². The molecule has 1 unspecified atom stereocenters. The van der Waals surface area contributed by atoms with Gasteiger partial charge in [-0.3, -0.25) is 0 Å². The topological polar surface area (TPSA) is 35.5 Å². The molecule has 0 aliphatic carbocycles. The van der Waals surface area contributed by atoms with Gasteiger partial charge in [0.2, 0.25) is 0 Å². The van der Waals surface area contributed by atoms with E-state index in [4.69, 9.17) is 5.11 Å². The summed E-state index contributed by atoms with van der Waals surface area (Å²) in [5.74, 6) is -0.177. The highest BCUT2D eigenvalue weighted by Gasteiger charge is 2.16. The van der Waals surface area contributed by atoms with E-state index >= 15 is 0 Å². The summed E-state index contributed by atoms with van der Waals surface area (Å²) in [5, 5.41) is 11.9. The van der Waals surface area contributed by atoms with E-state index in [1.54, 1.807) is 6.07 Å². The van der Waals surface area contributed by atoms with Crippen molar-refractivity contribution in [2.75, 3.05) is 32.1 Å². The number of nitrogens with zero attached hydrogens (tertiary/aromatic N) is 1. The lowest BCUT2D eigenvalue weighted by Crippen LogP contribution is -2.24. The third kappa shape index (κ3) is 4.48. The highest BCUT2D eigenvalue weighted by molar-refractivity contribution is 5.55. The minimum absolute atomic E-state index is 0.116. The van der Waals surface area contributed by atoms with Gasteiger partial charge in [-0.1, -0.05) is 12.1 Å². The number of nitrogens with one attached hydrogen (secondary N) is 1. The maximum atomic E-state index is 14.1. The highest BCUT2D eigenvalue weighted by Crippen LogP contribution is 2.28. The van der Waals surface area contributed by atoms with Crippen molar-refractivity contribution >= 4 is 5.69 Å². The van der Waals surface area contributed by atoms with Gasteiger partial charge in [0.15, 0.2) is 0 Å². The molecule has 0 heterocycles. The lowest BCUT2D eigenvalue weighted by Gasteiger charge is -2.25. The van der Waals surface area contributed by atoms with Gasteiger partial charge >= 0.3 is 0 Å². The Labute approximate surface area is 115 Å². The molecule has 0 saturated heterocycles. The first-order valence-electron chi connectivity index (χ1n) is 6.89. The predicted molar refractivity (Wildman–Crippen MR) is 78.1 cm³/mol. The van der Waals surface area contributed by atoms with Crippen LogP contribution in [-0.2, 0) is 0 Å². The molecule has 4 heteroatoms. The zero-order valence-corrected chi connectivity index (χ0v) is 12.1. The van der Waals surface area contributed by atoms with Crippen molar-refractivity contribution < 1.29 is 9.50 Å². The smallest absolute Gasteiger partial charge is 0.146 e. The molecule has 0 spiro atoms. The zero-order valence-electron chi connectivity index (χ0n) is 12.1. The molecular formula is C15H25FN2O. The molecule has 3 nitrogen and oxygen atoms in total. The molecule has 0 aliphatic heterocycles. The van der Waals surface area contributed by atoms with Gasteiger partial charge in [-0.15, -0.1) is 0 Å². The Morgan fingerprint density at radius 1 is 1.32 bits per heavy atom. The van der Waals surface area contributed by atoms with Crippen LogP contribution < -0.4 is 10.2 Å². The number of hydrogen-bond donors (Lipinski definition) is 2. The van der Waals surface area contributed by atoms with E-state index in [9.17, 15) is 4.39 Å². The molecule has 1 atom stereocenters. The number of aliphatic hydroxyl groups excluding tert-OH is 1. The maximum Gasteiger partial charge on any atom is 0.146 e. The van der Waals surface area contributed by atoms with E-state index < -0.39 is 0 Å². The summed E-state index contributed by atoms with van der Waals surface area (Å²) in [6, 6.07) is 5.34. The zero-order chi connectivity index (χ0) is 14.3. The van der Waals surface area contributed by atoms with Crippen molar-refractivity contribution in [3.05, 3.63) is 29.6 Å². The van der Waals surface area contributed by atoms with Gasteiger partial charge in [-0.2, -0.15) is 0 Å². The number of unbranched alkanes of at least 4 members (excludes halogenated alkanes) is 2. The van der Waals surface area contributed by atoms with Crippen molar-refractivity contribution in [1.29, 1.82) is 0 Å². The predicted octanol–water partition coefficient (Wildman–Crippen LogP) is 2.70. The number of benzene rings is 1. The van der Waals surface area contributed by atoms with E-state index in [2.05, 4.69) is 5.32 Å². The third-order valence-electron chi connectivity index (χ3n) is 3.45. The fraction of sp³-hybridized carbons (Fsp3) is 0.600. The molecule has 0 aromatic heterocycles. The van der Waals surface area contributed by atoms with Crippen molar-refractivity contribution in [3.63, 3.8) is 0 Å². The van der Waals surface area contributed by atoms with Crippen molar-refractivity contribution in [1.82, 2.24) is 5.32 Å². The van der Waals surface area contributed by atoms with Crippen LogP contribution in [0.5, 0.6) is 0 Å². The van der Waals surface area contributed by atoms with Crippen LogP contribution in [0.2, 0.25) is 0 Å². The van der Waals surface area contributed by atoms with Crippen LogP contribution in [0.15, 0.2) is 18.2 Å². The number of anilines is 1. The Balaban J connectivity index is 2.79. The van der Waals surface area contributed by atoms with Crippen LogP contribution in [0.25, 0.3) is 0 Å². The van der Waals surface area contributed by atoms with Gasteiger partial charge < -0.3 is 15.3 Å². The van der Waals surface area contributed by atoms with E-state index in [0.717, 1.165) is 31.4 Å². The van der Waals surface area contributed by atoms with Gasteiger partial charge in [0.05, 0.1) is 5.69 Å². The summed E-state index contributed by atoms with van der Waals surface area (Å²) in [7, 11) is 3.80. The number of halogens is 1. The van der Waals surface area contributed by atoms with Gasteiger partial charge in [-0.05, 0) is 44.9 Å². The Bertz CT molecular complexity index is 384. The SMILES string of the molecule is CNC(C)c1cccc(F)c1N(C)CCCCCO. The molecule has 0 fully saturated rings. The van der Waals surface area contributed by atoms with Gasteiger partial charge in [-0.25, -0.2) is 4.39 Å². The number of hydrogen-bond acceptors (Lipinski definition) is 3. The normalized spacial score (nSPS) is 12.5. The molecule has 1 aromatic carbocycles. The monoisotopic (exact) mass is 268 g/mol. The van der Waals surface area contributed by atoms with Crippen LogP contribution in [-0.4, -0.2) is 32.4 Å². The number of aliphatic hydroxyl groups is 1. The Morgan fingerprint density at radius 2 is 2.05 bits per heavy atom. The van der Waals surface area contributed by atoms with Crippen molar-refractivity contribution in [2.24, 2.45) is 0 Å². The summed E-state index contributed by atoms with van der Waals surface area (Å²) in [4.78, 5) is 1.97. The molecule has 108 valence electrons. The fourth-order valence-corrected chi connectivity index (χ4v) is 2.19. The van der Waals surface area contributed by atoms with Gasteiger partial charge in [0, 0.05) is 26.2 Å². The summed E-state index contributed by atoms with van der Waals surface area (Å²) < 4.78 is 14.1. The van der Waals surface area contributed by atoms with E-state index in [-0.39, 0.29) is 18.5 Å². The largest absolute Gasteiger partial charge is 0.396 e. The first-order chi connectivity index (χ1) is 9.11. The van der Waals surface area contributed by atoms with E-state index in [0.29, 0.717) is 5.69 Å². The average Bonchev–Trinajstić information content (AvgIpc) is 2.42. The lowest BCUT2D eigenvalue weighted by molar-refractivity contribution is 0.283. The molecule has 0 saturated carbocycles. The Hall–Kier alpha value is -1.13. The highest BCUT2D eigenvalue weighted by atomic mass is 19.1. The van der Waals surface area contributed by atoms with Crippen LogP contribution in [0.4, 0.5) is 10.1 Å². The molecule has 19 heavy (non-hydrogen) atoms. The molecule has 0 aliphatic rings. The minimum Gasteiger partial charge on any atom is -0.396 e. The quantitative estimate of drug-likeness (QED) is 0.712. The van der Waals surface area contributed by atoms with Crippen LogP contribution >= 0.6 is 0 Å². The first kappa shape index (κ1) is 15.9. The lowest BCUT2D eigenvalue weighted by atomic mass is 10.0. The molecule has 1 aromatic rings. The van der Waals surface area contributed by atoms with E-state index in [1.807, 2.05) is 32.0 Å². The summed E-state index contributed by atoms with van der Waals surface area (Å²) in [6.45, 7) is 3.05. The fourth-order valence-electron chi connectivity index (χ4n) is 2.19. The second-order valence-corrected chi connectivity index (χ2v) is 4.89. The number of rotatable bonds is 8. The third-order valence-corrected chi connectivity index (χ3v) is 3.45. The van der Waals surface area contributed by atoms with Crippen LogP contribution in [0.3, 0.4) is 0 Å². The molecule has 1 rings (SSSR count). The summed E-state index contributed by atoms with van der Waals surface area (Å²) in [6.07, 6.45) is 2.73. The second-order valence-electron chi connectivity index (χ2n) is 4.89. The molecular weight excluding hydrogens is 243 g/mol. The summed E-state index contributed by atoms with van der Waals surface area (Å²) in [5.41, 5.74) is 1.65. The molecule has 0 amide bonds. The molecule has 0 radical (unpaired) electrons. The van der Waals surface area contributed by atoms with E-state index in [1.165, 1.54) is 6.07 Å². The Morgan fingerprint density at radius 3 is 2.68 bits per heavy atom. The first-order valence-corrected chi connectivity index (χ1v) is 6.89. The second kappa shape index (κ2) is 8.12. The molecule has 0 bridgehead atoms. The number of para-hydroxylation sites is 1. The van der Waals surface area contributed by atoms with Crippen molar-refractivity contribution in [3.8, 4) is 0 Å². The van der Waals surface area contributed by atoms with Crippen LogP contribution in [0.1, 0.15) is 37.8 Å². The standard InChI is InChI=1S/C15H25FN2O/c1-12(17-2)13-8-7-9-14(16)15(13)18(3)10-5-4-6-11-19/h7-9,12,17,19H,4-6,10-11H2,1-3H3.